The van der Waals surface area contributed by atoms with E-state index in [4.69, 9.17) is 68.8 Å². The molecule has 3 aromatic carbocycles. The van der Waals surface area contributed by atoms with Crippen molar-refractivity contribution in [3.63, 3.8) is 0 Å². The molecule has 4 aliphatic rings. The highest BCUT2D eigenvalue weighted by Crippen LogP contribution is 2.47. The minimum Gasteiger partial charge on any atom is -0.471 e. The van der Waals surface area contributed by atoms with Crippen LogP contribution in [0.1, 0.15) is 181 Å². The number of aliphatic hydroxyl groups excluding tert-OH is 2. The molecule has 698 valence electrons. The van der Waals surface area contributed by atoms with Gasteiger partial charge >= 0.3 is 10.1 Å². The van der Waals surface area contributed by atoms with Crippen LogP contribution in [0.15, 0.2) is 95.7 Å². The van der Waals surface area contributed by atoms with Crippen LogP contribution in [-0.2, 0) is 55.6 Å². The van der Waals surface area contributed by atoms with Gasteiger partial charge in [-0.3, -0.25) is 48.3 Å². The van der Waals surface area contributed by atoms with Crippen molar-refractivity contribution in [2.24, 2.45) is 0 Å². The third-order valence-corrected chi connectivity index (χ3v) is 40.0. The summed E-state index contributed by atoms with van der Waals surface area (Å²) in [6.45, 7) is 44.6. The summed E-state index contributed by atoms with van der Waals surface area (Å²) in [4.78, 5) is 82.9. The zero-order valence-electron chi connectivity index (χ0n) is 76.7. The maximum absolute atomic E-state index is 13.3. The molecule has 0 saturated carbocycles. The van der Waals surface area contributed by atoms with Crippen molar-refractivity contribution >= 4 is 115 Å². The maximum atomic E-state index is 13.3. The maximum Gasteiger partial charge on any atom is 0.341 e. The topological polar surface area (TPSA) is 552 Å². The number of aromatic nitrogens is 16. The molecule has 11 aromatic rings. The Morgan fingerprint density at radius 1 is 0.504 bits per heavy atom. The number of rotatable bonds is 25. The van der Waals surface area contributed by atoms with Crippen molar-refractivity contribution in [2.45, 2.75) is 295 Å². The van der Waals surface area contributed by atoms with Crippen LogP contribution in [0, 0.1) is 41.0 Å². The van der Waals surface area contributed by atoms with Gasteiger partial charge in [0.15, 0.2) is 69.6 Å². The number of nitrogens with two attached hydrogens (primary N) is 4. The van der Waals surface area contributed by atoms with Crippen molar-refractivity contribution < 1.29 is 74.4 Å². The highest BCUT2D eigenvalue weighted by Gasteiger charge is 2.49. The molecule has 0 aliphatic carbocycles. The number of imidazole rings is 4. The van der Waals surface area contributed by atoms with Crippen LogP contribution in [0.4, 0.5) is 35.2 Å². The number of hydrogen-bond donors (Lipinski definition) is 7. The number of hydrogen-bond acceptors (Lipinski definition) is 34. The average Bonchev–Trinajstić information content (AvgIpc) is 1.63. The number of aromatic amines is 1. The first-order chi connectivity index (χ1) is 60.4. The van der Waals surface area contributed by atoms with E-state index in [9.17, 15) is 43.7 Å². The first-order valence-electron chi connectivity index (χ1n) is 42.8. The van der Waals surface area contributed by atoms with Gasteiger partial charge in [-0.1, -0.05) is 125 Å². The number of fused-ring (bicyclic) bond motifs is 4. The standard InChI is InChI=1S/C26H39N5O5SSi.C24H34N6O5Si.C17H18N6O6.C17H29N5O3Si/c1-10-18-19(36-38(8,9)26(5,6)7)13-20(34-18)31-14-28-21-23(31)29-25(27)30-24(21)35-37(32,33)22-16(3)11-15(2)12-17(22)4;1-7-17-18(35-36(5,6)24(2,3)4)12-19(34-17)29-14-26-20-21(29)27-23(25)28-22(20)33-13-15-10-8-9-11-16(15)30(31)32;18-17-20-15-14(19-8-22(15)13-5-11(25)12(6-24)29-13)16(21-17)28-7-9-3-1-2-4-10(9)23(26)27;1-7-10-11(25-26(5,6)17(2,3)4)8-12(24-10)22-9-19-13-14(22)20-16(18)21-15(13)23/h11-12,14,18-20H,10,13H2,1-9H3,(H2,27,29,30);8-11,14,17-19H,7,12-13H2,1-6H3,(H2,25,27,28);1-4,8,11-13,24-25H,5-7H2,(H2,18,20,21);9-12H,7-8H2,1-6H3,(H3,18,20,21,23)/t18-,19?,20-;17-,18?,19-;11?,12-,13-;10-,11?,12-/m1111/s1. The number of anilines is 4. The summed E-state index contributed by atoms with van der Waals surface area (Å²) in [5, 5.41) is 42.0. The van der Waals surface area contributed by atoms with Crippen molar-refractivity contribution in [3.8, 4) is 17.6 Å². The lowest BCUT2D eigenvalue weighted by Crippen LogP contribution is -2.45. The molecule has 0 amide bonds. The van der Waals surface area contributed by atoms with E-state index in [0.717, 1.165) is 24.8 Å². The smallest absolute Gasteiger partial charge is 0.341 e. The third kappa shape index (κ3) is 21.3. The number of benzene rings is 3. The lowest BCUT2D eigenvalue weighted by molar-refractivity contribution is -0.386. The summed E-state index contributed by atoms with van der Waals surface area (Å²) >= 11 is 0. The molecule has 11 N–H and O–H groups in total. The predicted molar refractivity (Wildman–Crippen MR) is 489 cm³/mol. The van der Waals surface area contributed by atoms with E-state index >= 15 is 0 Å². The highest BCUT2D eigenvalue weighted by atomic mass is 32.2. The van der Waals surface area contributed by atoms with Crippen LogP contribution in [0.25, 0.3) is 44.7 Å². The normalized spacial score (nSPS) is 21.7. The minimum absolute atomic E-state index is 0.00548. The minimum atomic E-state index is -4.21. The Labute approximate surface area is 749 Å². The summed E-state index contributed by atoms with van der Waals surface area (Å²) in [5.41, 5.74) is 28.7. The van der Waals surface area contributed by atoms with Gasteiger partial charge in [-0.05, 0) is 118 Å². The van der Waals surface area contributed by atoms with Gasteiger partial charge in [0.05, 0.1) is 95.6 Å². The fourth-order valence-corrected chi connectivity index (χ4v) is 20.6. The van der Waals surface area contributed by atoms with Crippen molar-refractivity contribution in [1.29, 1.82) is 0 Å². The molecule has 4 saturated heterocycles. The Bertz CT molecular complexity index is 6050. The summed E-state index contributed by atoms with van der Waals surface area (Å²) < 4.78 is 95.3. The monoisotopic (exact) mass is 1860 g/mol. The van der Waals surface area contributed by atoms with Gasteiger partial charge in [0, 0.05) is 37.8 Å². The molecule has 4 unspecified atom stereocenters. The van der Waals surface area contributed by atoms with Gasteiger partial charge in [0.2, 0.25) is 35.6 Å². The van der Waals surface area contributed by atoms with Crippen molar-refractivity contribution in [2.75, 3.05) is 29.5 Å². The number of nitrogens with one attached hydrogen (secondary N) is 1. The SMILES string of the molecule is CC[C@H]1O[C@@H](n2cnc3c(=O)[nH]c(N)nc32)CC1O[Si](C)(C)C(C)(C)C.CC[C@H]1O[C@@H](n2cnc3c(OCc4ccccc4[N+](=O)[O-])nc(N)nc32)CC1O[Si](C)(C)C(C)(C)C.CC[C@H]1O[C@@H](n2cnc3c(OS(=O)(=O)c4c(C)cc(C)cc4C)nc(N)nc32)CC1O[Si](C)(C)C(C)(C)C.Nc1nc(OCc2ccccc2[N+](=O)[O-])c2ncn([C@H]3CC(O)[C@@H](CO)O3)c2n1. The average molecular weight is 1860 g/mol. The summed E-state index contributed by atoms with van der Waals surface area (Å²) in [7, 11) is -10.1. The number of para-hydroxylation sites is 2. The predicted octanol–water partition coefficient (Wildman–Crippen LogP) is 13.5. The number of aliphatic hydroxyl groups is 2. The summed E-state index contributed by atoms with van der Waals surface area (Å²) in [5.74, 6) is -0.0980. The number of nitro groups is 2. The van der Waals surface area contributed by atoms with Gasteiger partial charge < -0.3 is 79.0 Å². The second-order valence-electron chi connectivity index (χ2n) is 37.2. The van der Waals surface area contributed by atoms with Crippen LogP contribution in [0.2, 0.25) is 54.4 Å². The first-order valence-corrected chi connectivity index (χ1v) is 53.0. The molecule has 8 aromatic heterocycles. The van der Waals surface area contributed by atoms with Crippen molar-refractivity contribution in [3.05, 3.63) is 144 Å². The zero-order chi connectivity index (χ0) is 94.3. The molecule has 12 atom stereocenters. The van der Waals surface area contributed by atoms with Crippen LogP contribution >= 0.6 is 0 Å². The van der Waals surface area contributed by atoms with Crippen LogP contribution < -0.4 is 42.2 Å². The summed E-state index contributed by atoms with van der Waals surface area (Å²) in [6.07, 6.45) is 7.59. The number of nitro benzene ring substituents is 2. The lowest BCUT2D eigenvalue weighted by atomic mass is 10.1. The Morgan fingerprint density at radius 3 is 1.17 bits per heavy atom. The number of aryl methyl sites for hydroxylation is 3. The Kier molecular flexibility index (Phi) is 29.0. The highest BCUT2D eigenvalue weighted by molar-refractivity contribution is 7.87. The Morgan fingerprint density at radius 2 is 0.829 bits per heavy atom. The molecule has 15 rings (SSSR count). The number of nitrogens with zero attached hydrogens (tertiary/aromatic N) is 17. The fourth-order valence-electron chi connectivity index (χ4n) is 15.2. The number of H-pyrrole nitrogens is 1. The molecular weight excluding hydrogens is 1740 g/mol. The van der Waals surface area contributed by atoms with E-state index in [1.807, 2.05) is 11.5 Å². The Hall–Kier alpha value is -10.7. The molecule has 41 nitrogen and oxygen atoms in total. The van der Waals surface area contributed by atoms with E-state index in [-0.39, 0.29) is 165 Å². The van der Waals surface area contributed by atoms with E-state index in [2.05, 4.69) is 182 Å². The summed E-state index contributed by atoms with van der Waals surface area (Å²) in [6, 6.07) is 16.2. The largest absolute Gasteiger partial charge is 0.471 e. The molecule has 0 spiro atoms. The van der Waals surface area contributed by atoms with E-state index in [0.29, 0.717) is 75.1 Å². The third-order valence-electron chi connectivity index (χ3n) is 24.9. The van der Waals surface area contributed by atoms with E-state index in [1.165, 1.54) is 18.5 Å². The Balaban J connectivity index is 0.000000157. The second kappa shape index (κ2) is 38.4. The molecule has 129 heavy (non-hydrogen) atoms. The van der Waals surface area contributed by atoms with E-state index < -0.39 is 69.6 Å². The van der Waals surface area contributed by atoms with E-state index in [1.54, 1.807) is 95.1 Å². The van der Waals surface area contributed by atoms with Gasteiger partial charge in [-0.25, -0.2) is 19.9 Å². The van der Waals surface area contributed by atoms with Crippen LogP contribution in [0.5, 0.6) is 17.6 Å². The number of ether oxygens (including phenoxy) is 6. The van der Waals surface area contributed by atoms with Gasteiger partial charge in [0.25, 0.3) is 22.8 Å². The molecule has 0 radical (unpaired) electrons. The molecule has 4 fully saturated rings. The molecular formula is C84H120N22O19SSi3. The first kappa shape index (κ1) is 97.4. The molecule has 4 aliphatic heterocycles. The molecule has 0 bridgehead atoms. The van der Waals surface area contributed by atoms with Gasteiger partial charge in [-0.15, -0.1) is 0 Å². The van der Waals surface area contributed by atoms with Gasteiger partial charge in [-0.2, -0.15) is 43.3 Å². The van der Waals surface area contributed by atoms with Crippen LogP contribution in [0.3, 0.4) is 0 Å². The van der Waals surface area contributed by atoms with Gasteiger partial charge in [0.1, 0.15) is 49.1 Å². The molecule has 45 heteroatoms. The second-order valence-corrected chi connectivity index (χ2v) is 53.0. The zero-order valence-corrected chi connectivity index (χ0v) is 80.6. The number of nitrogen functional groups attached to an aromatic ring is 4. The van der Waals surface area contributed by atoms with Crippen molar-refractivity contribution in [1.82, 2.24) is 78.1 Å². The fraction of sp³-hybridized carbons (Fsp3) is 0.548. The lowest BCUT2D eigenvalue weighted by Gasteiger charge is -2.39. The molecule has 12 heterocycles. The van der Waals surface area contributed by atoms with Crippen LogP contribution in [-0.4, -0.2) is 187 Å². The quantitative estimate of drug-likeness (QED) is 0.0121.